The highest BCUT2D eigenvalue weighted by Gasteiger charge is 2.56. The summed E-state index contributed by atoms with van der Waals surface area (Å²) < 4.78 is 53.5. The number of nitrogens with one attached hydrogen (secondary N) is 6. The fourth-order valence-corrected chi connectivity index (χ4v) is 19.7. The van der Waals surface area contributed by atoms with Crippen LogP contribution >= 0.6 is 0 Å². The Morgan fingerprint density at radius 3 is 1.48 bits per heavy atom. The first-order valence-corrected chi connectivity index (χ1v) is 57.3. The fraction of sp³-hybridized carbons (Fsp3) is 0.747. The first kappa shape index (κ1) is 96.5. The van der Waals surface area contributed by atoms with E-state index in [1.54, 1.807) is 26.0 Å². The Hall–Kier alpha value is -5.11. The van der Waals surface area contributed by atoms with Crippen molar-refractivity contribution >= 4 is 104 Å². The van der Waals surface area contributed by atoms with Gasteiger partial charge in [-0.05, 0) is 152 Å². The van der Waals surface area contributed by atoms with Crippen LogP contribution < -0.4 is 42.0 Å². The summed E-state index contributed by atoms with van der Waals surface area (Å²) >= 11 is 0. The quantitative estimate of drug-likeness (QED) is 0.0253. The molecule has 3 fully saturated rings. The van der Waals surface area contributed by atoms with Gasteiger partial charge in [0.1, 0.15) is 55.2 Å². The summed E-state index contributed by atoms with van der Waals surface area (Å²) in [6, 6.07) is 8.07. The first-order chi connectivity index (χ1) is 50.2. The number of carbonyl (C=O) groups excluding carboxylic acids is 8. The Morgan fingerprint density at radius 2 is 1.01 bits per heavy atom. The van der Waals surface area contributed by atoms with Gasteiger partial charge in [0.25, 0.3) is 0 Å². The molecular formula is C79H144BN9O16Si6. The number of amides is 8. The molecule has 8 amide bonds. The number of carbonyl (C=O) groups is 8. The number of hydrogen-bond donors (Lipinski definition) is 7. The minimum absolute atomic E-state index is 0.0478. The van der Waals surface area contributed by atoms with Crippen molar-refractivity contribution in [3.8, 4) is 5.75 Å². The van der Waals surface area contributed by atoms with E-state index < -0.39 is 188 Å². The molecule has 0 saturated carbocycles. The van der Waals surface area contributed by atoms with Gasteiger partial charge in [0.15, 0.2) is 41.6 Å². The third-order valence-electron chi connectivity index (χ3n) is 25.1. The molecule has 0 aromatic heterocycles. The summed E-state index contributed by atoms with van der Waals surface area (Å²) in [7, 11) is -16.7. The topological polar surface area (TPSA) is 318 Å². The molecule has 0 spiro atoms. The third-order valence-corrected chi connectivity index (χ3v) is 52.2. The summed E-state index contributed by atoms with van der Waals surface area (Å²) in [6.07, 6.45) is -5.66. The molecule has 2 unspecified atom stereocenters. The molecule has 3 aliphatic heterocycles. The van der Waals surface area contributed by atoms with Gasteiger partial charge in [0, 0.05) is 32.0 Å². The molecule has 5 rings (SSSR count). The van der Waals surface area contributed by atoms with E-state index in [9.17, 15) is 14.4 Å². The largest absolute Gasteiger partial charge is 0.544 e. The summed E-state index contributed by atoms with van der Waals surface area (Å²) in [4.78, 5) is 125. The molecule has 0 aliphatic carbocycles. The zero-order valence-electron chi connectivity index (χ0n) is 73.9. The summed E-state index contributed by atoms with van der Waals surface area (Å²) in [5.41, 5.74) is 7.86. The molecule has 0 radical (unpaired) electrons. The van der Waals surface area contributed by atoms with E-state index in [-0.39, 0.29) is 65.2 Å². The van der Waals surface area contributed by atoms with E-state index in [0.717, 1.165) is 11.1 Å². The van der Waals surface area contributed by atoms with Crippen LogP contribution in [0.4, 0.5) is 4.79 Å². The molecule has 111 heavy (non-hydrogen) atoms. The molecule has 32 heteroatoms. The van der Waals surface area contributed by atoms with Crippen molar-refractivity contribution in [2.24, 2.45) is 11.7 Å². The van der Waals surface area contributed by atoms with Crippen LogP contribution in [0.2, 0.25) is 109 Å². The van der Waals surface area contributed by atoms with Crippen molar-refractivity contribution in [1.29, 1.82) is 0 Å². The zero-order chi connectivity index (χ0) is 84.9. The normalized spacial score (nSPS) is 20.6. The van der Waals surface area contributed by atoms with Crippen molar-refractivity contribution in [1.82, 2.24) is 41.6 Å². The summed E-state index contributed by atoms with van der Waals surface area (Å²) in [6.45, 7) is 67.5. The van der Waals surface area contributed by atoms with Gasteiger partial charge in [-0.15, -0.1) is 0 Å². The molecule has 0 bridgehead atoms. The lowest BCUT2D eigenvalue weighted by Crippen LogP contribution is -2.66. The van der Waals surface area contributed by atoms with Gasteiger partial charge in [-0.3, -0.25) is 33.6 Å². The highest BCUT2D eigenvalue weighted by Crippen LogP contribution is 2.45. The van der Waals surface area contributed by atoms with Gasteiger partial charge in [-0.25, -0.2) is 4.79 Å². The van der Waals surface area contributed by atoms with E-state index in [2.05, 4.69) is 201 Å². The van der Waals surface area contributed by atoms with Gasteiger partial charge >= 0.3 is 13.1 Å². The average Bonchev–Trinajstić information content (AvgIpc) is 1.54. The van der Waals surface area contributed by atoms with Crippen molar-refractivity contribution in [3.63, 3.8) is 0 Å². The standard InChI is InChI=1S/C79H144BN9O16Si6/c1-51-47-89(65(67(81)91)66(51)105-111(32,33)79(19,20)21)72(96)63(53(3)101-107(24,25)75(7,8)9)86-70(94)64(60(104-110(30,31)78(16,17)18)43-54-39-41-56(42-40-54)102-108(26,27)76(10,11)12)87-69(93)59-44-57(103-109(28,29)77(13,14)15)48-88(59)71(95)62(52(2)100-106(22,23)74(4,5)6)85-68(92)58(45-83-80-50-99-80)84-61(90)46-82-73(97)98-49-55-37-35-34-36-38-55/h34-42,51-53,57-60,62-66,83H,43-50H2,1-33H3,(H2,81,91)(H,82,97)(H,84,90)(H,85,92)(H,86,94)(H,87,93)/t51-,52?,53?,57+,58-,59-,60+,62-,63-,64-,65-,66-/m0/s1. The van der Waals surface area contributed by atoms with Gasteiger partial charge in [0.2, 0.25) is 49.7 Å². The Balaban J connectivity index is 1.76. The number of rotatable bonds is 34. The number of benzene rings is 2. The molecule has 2 aromatic carbocycles. The molecular weight excluding hydrogens is 1510 g/mol. The Morgan fingerprint density at radius 1 is 0.550 bits per heavy atom. The van der Waals surface area contributed by atoms with Crippen LogP contribution in [0.3, 0.4) is 0 Å². The van der Waals surface area contributed by atoms with Crippen molar-refractivity contribution < 1.29 is 74.3 Å². The molecule has 2 aromatic rings. The molecule has 628 valence electrons. The number of nitrogens with zero attached hydrogens (tertiary/aromatic N) is 2. The Bertz CT molecular complexity index is 3530. The number of alkyl carbamates (subject to hydrolysis) is 1. The molecule has 3 heterocycles. The second-order valence-electron chi connectivity index (χ2n) is 40.4. The summed E-state index contributed by atoms with van der Waals surface area (Å²) in [5, 5.41) is 15.7. The smallest absolute Gasteiger partial charge is 0.407 e. The van der Waals surface area contributed by atoms with Crippen LogP contribution in [0, 0.1) is 5.92 Å². The second kappa shape index (κ2) is 36.6. The van der Waals surface area contributed by atoms with Gasteiger partial charge < -0.3 is 83.3 Å². The van der Waals surface area contributed by atoms with Crippen LogP contribution in [-0.4, -0.2) is 214 Å². The number of nitrogens with two attached hydrogens (primary N) is 1. The highest BCUT2D eigenvalue weighted by molar-refractivity contribution is 6.76. The lowest BCUT2D eigenvalue weighted by atomic mass is 9.96. The SMILES string of the molecule is CC(O[Si](C)(C)C(C)(C)C)[C@H](NC(=O)[C@@H](NC(=O)[C@@H]1C[C@@H](O[Si](C)(C)C(C)(C)C)CN1C(=O)[C@@H](NC(=O)[C@H](CNB1CO1)NC(=O)CNC(=O)OCc1ccccc1)C(C)O[Si](C)(C)C(C)(C)C)[C@@H](Cc1ccc(O[Si](C)(C)C(C)(C)C)cc1)O[Si](C)(C)C(C)(C)C)C(=O)N1C[C@H](C)[C@H](O[Si](C)(C)C(C)(C)C)[C@H]1C(N)=O. The van der Waals surface area contributed by atoms with Gasteiger partial charge in [0.05, 0.1) is 37.0 Å². The number of ether oxygens (including phenoxy) is 1. The highest BCUT2D eigenvalue weighted by atomic mass is 28.4. The molecule has 12 atom stereocenters. The maximum Gasteiger partial charge on any atom is 0.407 e. The zero-order valence-corrected chi connectivity index (χ0v) is 79.9. The monoisotopic (exact) mass is 1650 g/mol. The third kappa shape index (κ3) is 25.9. The van der Waals surface area contributed by atoms with Crippen molar-refractivity contribution in [2.45, 2.75) is 340 Å². The average molecular weight is 1660 g/mol. The van der Waals surface area contributed by atoms with Crippen LogP contribution in [-0.2, 0) is 78.1 Å². The predicted molar refractivity (Wildman–Crippen MR) is 456 cm³/mol. The van der Waals surface area contributed by atoms with Gasteiger partial charge in [-0.2, -0.15) is 0 Å². The van der Waals surface area contributed by atoms with Crippen molar-refractivity contribution in [2.75, 3.05) is 32.7 Å². The number of primary amides is 1. The first-order valence-electron chi connectivity index (χ1n) is 39.8. The van der Waals surface area contributed by atoms with E-state index >= 15 is 24.0 Å². The molecule has 25 nitrogen and oxygen atoms in total. The van der Waals surface area contributed by atoms with E-state index in [0.29, 0.717) is 12.3 Å². The molecule has 3 aliphatic rings. The lowest BCUT2D eigenvalue weighted by Gasteiger charge is -2.43. The maximum atomic E-state index is 16.8. The van der Waals surface area contributed by atoms with E-state index in [1.165, 1.54) is 9.80 Å². The van der Waals surface area contributed by atoms with Crippen LogP contribution in [0.1, 0.15) is 163 Å². The summed E-state index contributed by atoms with van der Waals surface area (Å²) in [5.74, 6) is -4.90. The Kier molecular flexibility index (Phi) is 31.8. The van der Waals surface area contributed by atoms with Crippen LogP contribution in [0.15, 0.2) is 54.6 Å². The minimum atomic E-state index is -3.02. The molecule has 8 N–H and O–H groups in total. The van der Waals surface area contributed by atoms with E-state index in [1.807, 2.05) is 83.3 Å². The van der Waals surface area contributed by atoms with Crippen LogP contribution in [0.5, 0.6) is 5.75 Å². The van der Waals surface area contributed by atoms with Crippen LogP contribution in [0.25, 0.3) is 0 Å². The number of likely N-dealkylation sites (tertiary alicyclic amines) is 2. The number of hydrogen-bond acceptors (Lipinski definition) is 17. The predicted octanol–water partition coefficient (Wildman–Crippen LogP) is 12.1. The minimum Gasteiger partial charge on any atom is -0.544 e. The second-order valence-corrected chi connectivity index (χ2v) is 68.9. The van der Waals surface area contributed by atoms with Gasteiger partial charge in [-0.1, -0.05) is 174 Å². The fourth-order valence-electron chi connectivity index (χ4n) is 11.8. The van der Waals surface area contributed by atoms with E-state index in [4.69, 9.17) is 41.7 Å². The lowest BCUT2D eigenvalue weighted by molar-refractivity contribution is -0.146. The molecule has 3 saturated heterocycles. The Labute approximate surface area is 672 Å². The van der Waals surface area contributed by atoms with Crippen molar-refractivity contribution in [3.05, 3.63) is 65.7 Å². The maximum absolute atomic E-state index is 16.8.